The molecule has 15 heavy (non-hydrogen) atoms. The van der Waals surface area contributed by atoms with Gasteiger partial charge < -0.3 is 9.64 Å². The zero-order chi connectivity index (χ0) is 11.3. The van der Waals surface area contributed by atoms with E-state index in [0.717, 1.165) is 24.8 Å². The van der Waals surface area contributed by atoms with E-state index in [4.69, 9.17) is 4.74 Å². The van der Waals surface area contributed by atoms with Crippen LogP contribution in [0.1, 0.15) is 15.9 Å². The van der Waals surface area contributed by atoms with Gasteiger partial charge in [0, 0.05) is 6.54 Å². The van der Waals surface area contributed by atoms with E-state index in [9.17, 15) is 4.79 Å². The first-order valence-electron chi connectivity index (χ1n) is 4.94. The molecule has 1 rings (SSSR count). The summed E-state index contributed by atoms with van der Waals surface area (Å²) in [6.45, 7) is 0.977. The molecule has 0 atom stereocenters. The fourth-order valence-corrected chi connectivity index (χ4v) is 1.38. The van der Waals surface area contributed by atoms with Gasteiger partial charge in [0.25, 0.3) is 0 Å². The van der Waals surface area contributed by atoms with Crippen molar-refractivity contribution < 1.29 is 9.53 Å². The van der Waals surface area contributed by atoms with Crippen LogP contribution in [0.2, 0.25) is 0 Å². The van der Waals surface area contributed by atoms with Gasteiger partial charge in [-0.1, -0.05) is 6.07 Å². The molecule has 0 radical (unpaired) electrons. The van der Waals surface area contributed by atoms with Crippen molar-refractivity contribution in [1.82, 2.24) is 4.90 Å². The number of aldehydes is 1. The van der Waals surface area contributed by atoms with E-state index < -0.39 is 0 Å². The highest BCUT2D eigenvalue weighted by atomic mass is 16.5. The van der Waals surface area contributed by atoms with Crippen LogP contribution in [0.15, 0.2) is 18.2 Å². The Morgan fingerprint density at radius 1 is 1.40 bits per heavy atom. The Bertz CT molecular complexity index is 334. The van der Waals surface area contributed by atoms with Crippen molar-refractivity contribution in [2.75, 3.05) is 27.7 Å². The molecule has 82 valence electrons. The summed E-state index contributed by atoms with van der Waals surface area (Å²) >= 11 is 0. The lowest BCUT2D eigenvalue weighted by atomic mass is 10.1. The van der Waals surface area contributed by atoms with Crippen LogP contribution in [0, 0.1) is 0 Å². The number of carbonyl (C=O) groups is 1. The highest BCUT2D eigenvalue weighted by Crippen LogP contribution is 2.18. The van der Waals surface area contributed by atoms with Crippen molar-refractivity contribution in [3.05, 3.63) is 29.3 Å². The molecular weight excluding hydrogens is 190 g/mol. The monoisotopic (exact) mass is 207 g/mol. The first-order valence-corrected chi connectivity index (χ1v) is 4.94. The molecule has 0 spiro atoms. The SMILES string of the molecule is COc1ccc(CCN(C)C)cc1C=O. The predicted octanol–water partition coefficient (Wildman–Crippen LogP) is 1.61. The average Bonchev–Trinajstić information content (AvgIpc) is 2.25. The summed E-state index contributed by atoms with van der Waals surface area (Å²) in [5, 5.41) is 0. The molecule has 0 saturated carbocycles. The lowest BCUT2D eigenvalue weighted by molar-refractivity contribution is 0.112. The van der Waals surface area contributed by atoms with Crippen LogP contribution >= 0.6 is 0 Å². The molecule has 0 unspecified atom stereocenters. The summed E-state index contributed by atoms with van der Waals surface area (Å²) in [5.41, 5.74) is 1.78. The van der Waals surface area contributed by atoms with Crippen molar-refractivity contribution in [3.8, 4) is 5.75 Å². The van der Waals surface area contributed by atoms with E-state index in [1.165, 1.54) is 0 Å². The van der Waals surface area contributed by atoms with Gasteiger partial charge in [0.1, 0.15) is 5.75 Å². The normalized spacial score (nSPS) is 10.4. The van der Waals surface area contributed by atoms with Gasteiger partial charge in [0.05, 0.1) is 12.7 Å². The second kappa shape index (κ2) is 5.51. The standard InChI is InChI=1S/C12H17NO2/c1-13(2)7-6-10-4-5-12(15-3)11(8-10)9-14/h4-5,8-9H,6-7H2,1-3H3. The number of rotatable bonds is 5. The van der Waals surface area contributed by atoms with Crippen LogP contribution in [-0.4, -0.2) is 38.9 Å². The summed E-state index contributed by atoms with van der Waals surface area (Å²) in [7, 11) is 5.64. The predicted molar refractivity (Wildman–Crippen MR) is 60.6 cm³/mol. The fraction of sp³-hybridized carbons (Fsp3) is 0.417. The van der Waals surface area contributed by atoms with E-state index in [1.54, 1.807) is 7.11 Å². The number of nitrogens with zero attached hydrogens (tertiary/aromatic N) is 1. The quantitative estimate of drug-likeness (QED) is 0.687. The average molecular weight is 207 g/mol. The molecule has 0 N–H and O–H groups in total. The zero-order valence-electron chi connectivity index (χ0n) is 9.49. The molecule has 0 bridgehead atoms. The minimum atomic E-state index is 0.619. The van der Waals surface area contributed by atoms with Gasteiger partial charge in [-0.15, -0.1) is 0 Å². The van der Waals surface area contributed by atoms with Gasteiger partial charge in [0.15, 0.2) is 6.29 Å². The fourth-order valence-electron chi connectivity index (χ4n) is 1.38. The molecule has 0 fully saturated rings. The van der Waals surface area contributed by atoms with Gasteiger partial charge in [-0.25, -0.2) is 0 Å². The smallest absolute Gasteiger partial charge is 0.153 e. The van der Waals surface area contributed by atoms with Gasteiger partial charge in [0.2, 0.25) is 0 Å². The molecule has 0 aliphatic rings. The van der Waals surface area contributed by atoms with Gasteiger partial charge in [-0.2, -0.15) is 0 Å². The van der Waals surface area contributed by atoms with E-state index in [2.05, 4.69) is 4.90 Å². The minimum Gasteiger partial charge on any atom is -0.496 e. The van der Waals surface area contributed by atoms with E-state index in [0.29, 0.717) is 11.3 Å². The summed E-state index contributed by atoms with van der Waals surface area (Å²) in [6.07, 6.45) is 1.77. The third kappa shape index (κ3) is 3.36. The Balaban J connectivity index is 2.79. The van der Waals surface area contributed by atoms with Gasteiger partial charge in [-0.05, 0) is 38.2 Å². The molecule has 3 nitrogen and oxygen atoms in total. The van der Waals surface area contributed by atoms with Gasteiger partial charge >= 0.3 is 0 Å². The van der Waals surface area contributed by atoms with Crippen LogP contribution < -0.4 is 4.74 Å². The summed E-state index contributed by atoms with van der Waals surface area (Å²) in [6, 6.07) is 5.72. The van der Waals surface area contributed by atoms with Crippen molar-refractivity contribution in [1.29, 1.82) is 0 Å². The number of likely N-dealkylation sites (N-methyl/N-ethyl adjacent to an activating group) is 1. The molecule has 1 aromatic rings. The highest BCUT2D eigenvalue weighted by molar-refractivity contribution is 5.79. The van der Waals surface area contributed by atoms with Crippen LogP contribution in [0.4, 0.5) is 0 Å². The number of benzene rings is 1. The van der Waals surface area contributed by atoms with Crippen LogP contribution in [-0.2, 0) is 6.42 Å². The number of ether oxygens (including phenoxy) is 1. The lowest BCUT2D eigenvalue weighted by Crippen LogP contribution is -2.15. The number of methoxy groups -OCH3 is 1. The van der Waals surface area contributed by atoms with Crippen LogP contribution in [0.5, 0.6) is 5.75 Å². The van der Waals surface area contributed by atoms with Crippen molar-refractivity contribution >= 4 is 6.29 Å². The van der Waals surface area contributed by atoms with Crippen molar-refractivity contribution in [3.63, 3.8) is 0 Å². The third-order valence-corrected chi connectivity index (χ3v) is 2.27. The molecular formula is C12H17NO2. The maximum Gasteiger partial charge on any atom is 0.153 e. The molecule has 0 amide bonds. The Hall–Kier alpha value is -1.35. The number of hydrogen-bond donors (Lipinski definition) is 0. The maximum atomic E-state index is 10.8. The Morgan fingerprint density at radius 2 is 2.13 bits per heavy atom. The first-order chi connectivity index (χ1) is 7.17. The van der Waals surface area contributed by atoms with E-state index in [-0.39, 0.29) is 0 Å². The molecule has 1 aromatic carbocycles. The van der Waals surface area contributed by atoms with E-state index in [1.807, 2.05) is 32.3 Å². The molecule has 0 heterocycles. The topological polar surface area (TPSA) is 29.5 Å². The summed E-state index contributed by atoms with van der Waals surface area (Å²) in [5.74, 6) is 0.638. The summed E-state index contributed by atoms with van der Waals surface area (Å²) in [4.78, 5) is 12.9. The second-order valence-electron chi connectivity index (χ2n) is 3.75. The molecule has 0 aliphatic heterocycles. The molecule has 0 aliphatic carbocycles. The minimum absolute atomic E-state index is 0.619. The van der Waals surface area contributed by atoms with Crippen LogP contribution in [0.25, 0.3) is 0 Å². The summed E-state index contributed by atoms with van der Waals surface area (Å²) < 4.78 is 5.08. The Kier molecular flexibility index (Phi) is 4.31. The Morgan fingerprint density at radius 3 is 2.67 bits per heavy atom. The molecule has 0 saturated heterocycles. The van der Waals surface area contributed by atoms with Crippen molar-refractivity contribution in [2.24, 2.45) is 0 Å². The van der Waals surface area contributed by atoms with Crippen molar-refractivity contribution in [2.45, 2.75) is 6.42 Å². The third-order valence-electron chi connectivity index (χ3n) is 2.27. The zero-order valence-corrected chi connectivity index (χ0v) is 9.49. The van der Waals surface area contributed by atoms with E-state index >= 15 is 0 Å². The molecule has 0 aromatic heterocycles. The number of hydrogen-bond acceptors (Lipinski definition) is 3. The van der Waals surface area contributed by atoms with Gasteiger partial charge in [-0.3, -0.25) is 4.79 Å². The Labute approximate surface area is 90.7 Å². The second-order valence-corrected chi connectivity index (χ2v) is 3.75. The first kappa shape index (κ1) is 11.7. The number of carbonyl (C=O) groups excluding carboxylic acids is 1. The molecule has 3 heteroatoms. The highest BCUT2D eigenvalue weighted by Gasteiger charge is 2.03. The maximum absolute atomic E-state index is 10.8. The lowest BCUT2D eigenvalue weighted by Gasteiger charge is -2.10. The largest absolute Gasteiger partial charge is 0.496 e. The van der Waals surface area contributed by atoms with Crippen LogP contribution in [0.3, 0.4) is 0 Å².